The molecule has 6 heteroatoms. The van der Waals surface area contributed by atoms with Gasteiger partial charge in [-0.2, -0.15) is 13.2 Å². The van der Waals surface area contributed by atoms with Gasteiger partial charge in [0.25, 0.3) is 0 Å². The van der Waals surface area contributed by atoms with Gasteiger partial charge < -0.3 is 5.32 Å². The number of amides is 1. The molecule has 1 spiro atoms. The van der Waals surface area contributed by atoms with Crippen molar-refractivity contribution in [3.63, 3.8) is 0 Å². The molecule has 22 heavy (non-hydrogen) atoms. The van der Waals surface area contributed by atoms with Crippen LogP contribution in [-0.2, 0) is 17.5 Å². The van der Waals surface area contributed by atoms with Crippen LogP contribution in [0.5, 0.6) is 0 Å². The Morgan fingerprint density at radius 1 is 1.36 bits per heavy atom. The van der Waals surface area contributed by atoms with Crippen LogP contribution in [-0.4, -0.2) is 30.4 Å². The highest BCUT2D eigenvalue weighted by atomic mass is 19.4. The van der Waals surface area contributed by atoms with Gasteiger partial charge in [0.2, 0.25) is 5.91 Å². The third kappa shape index (κ3) is 2.97. The third-order valence-electron chi connectivity index (χ3n) is 4.72. The van der Waals surface area contributed by atoms with Crippen LogP contribution in [0.4, 0.5) is 13.2 Å². The van der Waals surface area contributed by atoms with E-state index in [0.717, 1.165) is 31.1 Å². The normalized spacial score (nSPS) is 25.9. The molecule has 2 heterocycles. The van der Waals surface area contributed by atoms with Gasteiger partial charge in [-0.15, -0.1) is 0 Å². The Bertz CT molecular complexity index is 600. The molecule has 2 saturated heterocycles. The zero-order valence-electron chi connectivity index (χ0n) is 12.5. The lowest BCUT2D eigenvalue weighted by Crippen LogP contribution is -2.29. The molecule has 0 saturated carbocycles. The number of nitrogens with zero attached hydrogens (tertiary/aromatic N) is 1. The Kier molecular flexibility index (Phi) is 3.67. The van der Waals surface area contributed by atoms with Gasteiger partial charge in [0, 0.05) is 31.5 Å². The predicted molar refractivity (Wildman–Crippen MR) is 76.1 cm³/mol. The molecule has 3 rings (SSSR count). The van der Waals surface area contributed by atoms with E-state index >= 15 is 0 Å². The van der Waals surface area contributed by atoms with E-state index in [-0.39, 0.29) is 16.9 Å². The first-order valence-corrected chi connectivity index (χ1v) is 7.43. The number of aryl methyl sites for hydroxylation is 1. The fraction of sp³-hybridized carbons (Fsp3) is 0.562. The van der Waals surface area contributed by atoms with Gasteiger partial charge in [-0.3, -0.25) is 9.69 Å². The molecule has 3 nitrogen and oxygen atoms in total. The van der Waals surface area contributed by atoms with Gasteiger partial charge in [-0.25, -0.2) is 0 Å². The highest BCUT2D eigenvalue weighted by Crippen LogP contribution is 2.37. The highest BCUT2D eigenvalue weighted by molar-refractivity contribution is 5.79. The van der Waals surface area contributed by atoms with Crippen LogP contribution in [0.2, 0.25) is 0 Å². The zero-order valence-corrected chi connectivity index (χ0v) is 12.5. The van der Waals surface area contributed by atoms with Crippen LogP contribution < -0.4 is 5.32 Å². The van der Waals surface area contributed by atoms with Crippen molar-refractivity contribution in [2.24, 2.45) is 5.41 Å². The van der Waals surface area contributed by atoms with Gasteiger partial charge in [0.05, 0.1) is 5.56 Å². The summed E-state index contributed by atoms with van der Waals surface area (Å²) >= 11 is 0. The van der Waals surface area contributed by atoms with Crippen molar-refractivity contribution in [1.82, 2.24) is 10.2 Å². The number of rotatable bonds is 2. The Morgan fingerprint density at radius 2 is 2.14 bits per heavy atom. The van der Waals surface area contributed by atoms with Crippen molar-refractivity contribution in [2.45, 2.75) is 32.5 Å². The van der Waals surface area contributed by atoms with Gasteiger partial charge >= 0.3 is 6.18 Å². The summed E-state index contributed by atoms with van der Waals surface area (Å²) in [5, 5.41) is 2.88. The fourth-order valence-corrected chi connectivity index (χ4v) is 3.60. The first-order chi connectivity index (χ1) is 10.3. The maximum absolute atomic E-state index is 12.8. The topological polar surface area (TPSA) is 32.3 Å². The number of halogens is 3. The van der Waals surface area contributed by atoms with Crippen molar-refractivity contribution in [2.75, 3.05) is 19.6 Å². The second-order valence-corrected chi connectivity index (χ2v) is 6.56. The maximum atomic E-state index is 12.8. The summed E-state index contributed by atoms with van der Waals surface area (Å²) < 4.78 is 38.3. The molecule has 2 aliphatic heterocycles. The van der Waals surface area contributed by atoms with E-state index in [1.165, 1.54) is 6.92 Å². The standard InChI is InChI=1S/C16H19F3N2O/c1-11-6-12(2-3-13(11)16(17,18)19)8-21-5-4-15(10-21)7-14(22)20-9-15/h2-3,6H,4-5,7-10H2,1H3,(H,20,22). The molecule has 1 aromatic carbocycles. The van der Waals surface area contributed by atoms with Crippen molar-refractivity contribution in [3.05, 3.63) is 34.9 Å². The molecule has 2 fully saturated rings. The molecule has 0 aliphatic carbocycles. The largest absolute Gasteiger partial charge is 0.416 e. The number of carbonyl (C=O) groups is 1. The summed E-state index contributed by atoms with van der Waals surface area (Å²) in [7, 11) is 0. The average Bonchev–Trinajstić information content (AvgIpc) is 2.95. The summed E-state index contributed by atoms with van der Waals surface area (Å²) in [6, 6.07) is 4.34. The van der Waals surface area contributed by atoms with Crippen LogP contribution in [0.3, 0.4) is 0 Å². The molecule has 120 valence electrons. The predicted octanol–water partition coefficient (Wildman–Crippen LogP) is 2.73. The van der Waals surface area contributed by atoms with Crippen molar-refractivity contribution in [1.29, 1.82) is 0 Å². The maximum Gasteiger partial charge on any atom is 0.416 e. The second kappa shape index (κ2) is 5.26. The number of alkyl halides is 3. The highest BCUT2D eigenvalue weighted by Gasteiger charge is 2.43. The first kappa shape index (κ1) is 15.3. The molecule has 0 aromatic heterocycles. The number of benzene rings is 1. The lowest BCUT2D eigenvalue weighted by Gasteiger charge is -2.22. The van der Waals surface area contributed by atoms with Gasteiger partial charge in [0.1, 0.15) is 0 Å². The van der Waals surface area contributed by atoms with E-state index in [4.69, 9.17) is 0 Å². The number of nitrogens with one attached hydrogen (secondary N) is 1. The van der Waals surface area contributed by atoms with E-state index in [1.54, 1.807) is 12.1 Å². The Hall–Kier alpha value is -1.56. The van der Waals surface area contributed by atoms with Crippen LogP contribution in [0.25, 0.3) is 0 Å². The molecular weight excluding hydrogens is 293 g/mol. The Balaban J connectivity index is 1.67. The molecule has 1 amide bonds. The fourth-order valence-electron chi connectivity index (χ4n) is 3.60. The van der Waals surface area contributed by atoms with Gasteiger partial charge in [-0.05, 0) is 37.1 Å². The number of likely N-dealkylation sites (tertiary alicyclic amines) is 1. The number of hydrogen-bond acceptors (Lipinski definition) is 2. The molecule has 1 unspecified atom stereocenters. The van der Waals surface area contributed by atoms with Crippen molar-refractivity contribution >= 4 is 5.91 Å². The lowest BCUT2D eigenvalue weighted by molar-refractivity contribution is -0.138. The zero-order chi connectivity index (χ0) is 16.0. The third-order valence-corrected chi connectivity index (χ3v) is 4.72. The Morgan fingerprint density at radius 3 is 2.73 bits per heavy atom. The number of hydrogen-bond donors (Lipinski definition) is 1. The first-order valence-electron chi connectivity index (χ1n) is 7.43. The number of carbonyl (C=O) groups excluding carboxylic acids is 1. The summed E-state index contributed by atoms with van der Waals surface area (Å²) in [4.78, 5) is 13.6. The summed E-state index contributed by atoms with van der Waals surface area (Å²) in [6.45, 7) is 4.56. The summed E-state index contributed by atoms with van der Waals surface area (Å²) in [6.07, 6.45) is -2.77. The summed E-state index contributed by atoms with van der Waals surface area (Å²) in [5.41, 5.74) is 0.606. The van der Waals surface area contributed by atoms with Crippen molar-refractivity contribution < 1.29 is 18.0 Å². The minimum absolute atomic E-state index is 0.0258. The molecule has 0 bridgehead atoms. The lowest BCUT2D eigenvalue weighted by atomic mass is 9.86. The Labute approximate surface area is 127 Å². The van der Waals surface area contributed by atoms with E-state index < -0.39 is 11.7 Å². The smallest absolute Gasteiger partial charge is 0.355 e. The summed E-state index contributed by atoms with van der Waals surface area (Å²) in [5.74, 6) is 0.104. The van der Waals surface area contributed by atoms with Crippen LogP contribution in [0.1, 0.15) is 29.5 Å². The van der Waals surface area contributed by atoms with E-state index in [1.807, 2.05) is 0 Å². The van der Waals surface area contributed by atoms with Crippen LogP contribution in [0.15, 0.2) is 18.2 Å². The molecule has 1 aromatic rings. The molecule has 2 aliphatic rings. The average molecular weight is 312 g/mol. The van der Waals surface area contributed by atoms with E-state index in [0.29, 0.717) is 19.5 Å². The second-order valence-electron chi connectivity index (χ2n) is 6.56. The van der Waals surface area contributed by atoms with Gasteiger partial charge in [-0.1, -0.05) is 12.1 Å². The monoisotopic (exact) mass is 312 g/mol. The molecule has 0 radical (unpaired) electrons. The van der Waals surface area contributed by atoms with Crippen molar-refractivity contribution in [3.8, 4) is 0 Å². The van der Waals surface area contributed by atoms with Crippen LogP contribution >= 0.6 is 0 Å². The molecule has 1 N–H and O–H groups in total. The minimum Gasteiger partial charge on any atom is -0.355 e. The molecular formula is C16H19F3N2O. The quantitative estimate of drug-likeness (QED) is 0.911. The SMILES string of the molecule is Cc1cc(CN2CCC3(CNC(=O)C3)C2)ccc1C(F)(F)F. The van der Waals surface area contributed by atoms with Gasteiger partial charge in [0.15, 0.2) is 0 Å². The molecule has 1 atom stereocenters. The van der Waals surface area contributed by atoms with E-state index in [2.05, 4.69) is 10.2 Å². The van der Waals surface area contributed by atoms with Crippen LogP contribution in [0, 0.1) is 12.3 Å². The minimum atomic E-state index is -4.30. The van der Waals surface area contributed by atoms with E-state index in [9.17, 15) is 18.0 Å².